The van der Waals surface area contributed by atoms with Crippen molar-refractivity contribution in [1.82, 2.24) is 0 Å². The van der Waals surface area contributed by atoms with Gasteiger partial charge in [0, 0.05) is 6.07 Å². The zero-order chi connectivity index (χ0) is 26.6. The number of rotatable bonds is 13. The van der Waals surface area contributed by atoms with E-state index in [0.29, 0.717) is 0 Å². The third kappa shape index (κ3) is 12.4. The fourth-order valence-electron chi connectivity index (χ4n) is 2.74. The van der Waals surface area contributed by atoms with Crippen LogP contribution in [0.4, 0.5) is 13.2 Å². The maximum atomic E-state index is 12.7. The predicted octanol–water partition coefficient (Wildman–Crippen LogP) is 4.70. The molecule has 2 aromatic carbocycles. The number of hydrogen-bond acceptors (Lipinski definition) is 8. The third-order valence-corrected chi connectivity index (χ3v) is 4.07. The first-order chi connectivity index (χ1) is 16.9. The zero-order valence-electron chi connectivity index (χ0n) is 20.3. The molecule has 0 heterocycles. The minimum atomic E-state index is -4.95. The molecule has 0 aliphatic heterocycles. The Balaban J connectivity index is 1.82. The maximum Gasteiger partial charge on any atom is 0.573 e. The molecule has 0 aliphatic carbocycles. The first-order valence-corrected chi connectivity index (χ1v) is 11.0. The standard InChI is InChI=1S/C25H29F3O8/c1-24(2,3)36-22(29)17-32-10-9-31-11-12-33-20-13-19(14-21(15-20)35-25(26,27)28)23(30)34-16-18-7-5-4-6-8-18/h4-8,13-15H,9-12,16-17H2,1-3H3. The number of hydrogen-bond donors (Lipinski definition) is 0. The Bertz CT molecular complexity index is 972. The summed E-state index contributed by atoms with van der Waals surface area (Å²) in [4.78, 5) is 23.9. The Kier molecular flexibility index (Phi) is 11.0. The van der Waals surface area contributed by atoms with Crippen molar-refractivity contribution < 1.29 is 51.2 Å². The molecule has 11 heteroatoms. The molecule has 0 unspecified atom stereocenters. The number of benzene rings is 2. The van der Waals surface area contributed by atoms with Gasteiger partial charge in [0.1, 0.15) is 36.9 Å². The van der Waals surface area contributed by atoms with Gasteiger partial charge >= 0.3 is 18.3 Å². The smallest absolute Gasteiger partial charge is 0.491 e. The molecule has 0 amide bonds. The van der Waals surface area contributed by atoms with Crippen LogP contribution in [0.2, 0.25) is 0 Å². The molecule has 0 saturated heterocycles. The molecular formula is C25H29F3O8. The molecule has 198 valence electrons. The summed E-state index contributed by atoms with van der Waals surface area (Å²) in [6.07, 6.45) is -4.95. The first-order valence-electron chi connectivity index (χ1n) is 11.0. The summed E-state index contributed by atoms with van der Waals surface area (Å²) >= 11 is 0. The monoisotopic (exact) mass is 514 g/mol. The minimum Gasteiger partial charge on any atom is -0.491 e. The van der Waals surface area contributed by atoms with Gasteiger partial charge in [-0.1, -0.05) is 30.3 Å². The van der Waals surface area contributed by atoms with Crippen molar-refractivity contribution in [2.45, 2.75) is 39.3 Å². The van der Waals surface area contributed by atoms with Crippen LogP contribution in [0.25, 0.3) is 0 Å². The highest BCUT2D eigenvalue weighted by atomic mass is 19.4. The largest absolute Gasteiger partial charge is 0.573 e. The fraction of sp³-hybridized carbons (Fsp3) is 0.440. The molecule has 0 aromatic heterocycles. The van der Waals surface area contributed by atoms with Crippen LogP contribution in [0.1, 0.15) is 36.7 Å². The molecule has 0 aliphatic rings. The van der Waals surface area contributed by atoms with Gasteiger partial charge in [-0.2, -0.15) is 0 Å². The van der Waals surface area contributed by atoms with Gasteiger partial charge in [0.05, 0.1) is 25.4 Å². The van der Waals surface area contributed by atoms with Crippen molar-refractivity contribution in [3.63, 3.8) is 0 Å². The fourth-order valence-corrected chi connectivity index (χ4v) is 2.74. The highest BCUT2D eigenvalue weighted by Gasteiger charge is 2.31. The lowest BCUT2D eigenvalue weighted by molar-refractivity contribution is -0.274. The van der Waals surface area contributed by atoms with Gasteiger partial charge in [-0.15, -0.1) is 13.2 Å². The van der Waals surface area contributed by atoms with E-state index in [-0.39, 0.29) is 51.0 Å². The van der Waals surface area contributed by atoms with Crippen LogP contribution in [0.15, 0.2) is 48.5 Å². The van der Waals surface area contributed by atoms with Crippen LogP contribution in [-0.4, -0.2) is 56.9 Å². The molecular weight excluding hydrogens is 485 g/mol. The Morgan fingerprint density at radius 1 is 0.833 bits per heavy atom. The van der Waals surface area contributed by atoms with E-state index in [1.807, 2.05) is 0 Å². The van der Waals surface area contributed by atoms with Crippen molar-refractivity contribution in [2.24, 2.45) is 0 Å². The van der Waals surface area contributed by atoms with Gasteiger partial charge in [0.15, 0.2) is 0 Å². The van der Waals surface area contributed by atoms with Crippen LogP contribution in [0.5, 0.6) is 11.5 Å². The Morgan fingerprint density at radius 3 is 2.14 bits per heavy atom. The molecule has 2 rings (SSSR count). The predicted molar refractivity (Wildman–Crippen MR) is 122 cm³/mol. The number of carbonyl (C=O) groups is 2. The normalized spacial score (nSPS) is 11.6. The van der Waals surface area contributed by atoms with E-state index >= 15 is 0 Å². The highest BCUT2D eigenvalue weighted by Crippen LogP contribution is 2.29. The lowest BCUT2D eigenvalue weighted by atomic mass is 10.2. The van der Waals surface area contributed by atoms with Crippen LogP contribution in [0.3, 0.4) is 0 Å². The molecule has 2 aromatic rings. The molecule has 0 radical (unpaired) electrons. The number of esters is 2. The third-order valence-electron chi connectivity index (χ3n) is 4.07. The summed E-state index contributed by atoms with van der Waals surface area (Å²) < 4.78 is 68.3. The SMILES string of the molecule is CC(C)(C)OC(=O)COCCOCCOc1cc(OC(F)(F)F)cc(C(=O)OCc2ccccc2)c1. The zero-order valence-corrected chi connectivity index (χ0v) is 20.3. The van der Waals surface area contributed by atoms with E-state index in [4.69, 9.17) is 23.7 Å². The topological polar surface area (TPSA) is 89.5 Å². The number of carbonyl (C=O) groups excluding carboxylic acids is 2. The summed E-state index contributed by atoms with van der Waals surface area (Å²) in [5.41, 5.74) is -0.0498. The van der Waals surface area contributed by atoms with Gasteiger partial charge < -0.3 is 28.4 Å². The van der Waals surface area contributed by atoms with Gasteiger partial charge in [-0.25, -0.2) is 9.59 Å². The minimum absolute atomic E-state index is 0.0277. The van der Waals surface area contributed by atoms with Crippen molar-refractivity contribution in [1.29, 1.82) is 0 Å². The van der Waals surface area contributed by atoms with Crippen LogP contribution < -0.4 is 9.47 Å². The second-order valence-electron chi connectivity index (χ2n) is 8.40. The summed E-state index contributed by atoms with van der Waals surface area (Å²) in [7, 11) is 0. The van der Waals surface area contributed by atoms with E-state index in [2.05, 4.69) is 4.74 Å². The van der Waals surface area contributed by atoms with Crippen molar-refractivity contribution in [3.8, 4) is 11.5 Å². The average molecular weight is 514 g/mol. The van der Waals surface area contributed by atoms with Crippen LogP contribution in [-0.2, 0) is 30.3 Å². The Hall–Kier alpha value is -3.31. The molecule has 0 bridgehead atoms. The molecule has 36 heavy (non-hydrogen) atoms. The van der Waals surface area contributed by atoms with Crippen molar-refractivity contribution >= 4 is 11.9 Å². The van der Waals surface area contributed by atoms with Gasteiger partial charge in [0.25, 0.3) is 0 Å². The second-order valence-corrected chi connectivity index (χ2v) is 8.40. The Morgan fingerprint density at radius 2 is 1.47 bits per heavy atom. The van der Waals surface area contributed by atoms with E-state index in [0.717, 1.165) is 17.7 Å². The van der Waals surface area contributed by atoms with Gasteiger partial charge in [-0.05, 0) is 38.5 Å². The maximum absolute atomic E-state index is 12.7. The van der Waals surface area contributed by atoms with E-state index in [9.17, 15) is 22.8 Å². The number of ether oxygens (including phenoxy) is 6. The molecule has 0 atom stereocenters. The Labute approximate surface area is 207 Å². The summed E-state index contributed by atoms with van der Waals surface area (Å²) in [6, 6.07) is 12.0. The molecule has 0 fully saturated rings. The number of alkyl halides is 3. The van der Waals surface area contributed by atoms with E-state index < -0.39 is 29.7 Å². The van der Waals surface area contributed by atoms with Crippen LogP contribution >= 0.6 is 0 Å². The molecule has 8 nitrogen and oxygen atoms in total. The molecule has 0 saturated carbocycles. The first kappa shape index (κ1) is 28.9. The van der Waals surface area contributed by atoms with Gasteiger partial charge in [0.2, 0.25) is 0 Å². The molecule has 0 spiro atoms. The van der Waals surface area contributed by atoms with E-state index in [1.54, 1.807) is 51.1 Å². The lowest BCUT2D eigenvalue weighted by Crippen LogP contribution is -2.27. The van der Waals surface area contributed by atoms with Crippen LogP contribution in [0, 0.1) is 0 Å². The number of halogens is 3. The average Bonchev–Trinajstić information content (AvgIpc) is 2.77. The van der Waals surface area contributed by atoms with E-state index in [1.165, 1.54) is 6.07 Å². The second kappa shape index (κ2) is 13.7. The quantitative estimate of drug-likeness (QED) is 0.281. The summed E-state index contributed by atoms with van der Waals surface area (Å²) in [5.74, 6) is -1.99. The van der Waals surface area contributed by atoms with Gasteiger partial charge in [-0.3, -0.25) is 0 Å². The van der Waals surface area contributed by atoms with Crippen molar-refractivity contribution in [2.75, 3.05) is 33.0 Å². The lowest BCUT2D eigenvalue weighted by Gasteiger charge is -2.19. The highest BCUT2D eigenvalue weighted by molar-refractivity contribution is 5.90. The summed E-state index contributed by atoms with van der Waals surface area (Å²) in [6.45, 7) is 5.30. The summed E-state index contributed by atoms with van der Waals surface area (Å²) in [5, 5.41) is 0. The van der Waals surface area contributed by atoms with Crippen molar-refractivity contribution in [3.05, 3.63) is 59.7 Å². The molecule has 0 N–H and O–H groups in total.